The van der Waals surface area contributed by atoms with Gasteiger partial charge in [-0.1, -0.05) is 22.0 Å². The highest BCUT2D eigenvalue weighted by Crippen LogP contribution is 2.24. The van der Waals surface area contributed by atoms with E-state index in [4.69, 9.17) is 0 Å². The second-order valence-corrected chi connectivity index (χ2v) is 5.89. The van der Waals surface area contributed by atoms with Gasteiger partial charge >= 0.3 is 0 Å². The minimum Gasteiger partial charge on any atom is -0.385 e. The van der Waals surface area contributed by atoms with Crippen LogP contribution in [0.25, 0.3) is 0 Å². The molecule has 1 fully saturated rings. The molecule has 1 aliphatic heterocycles. The molecule has 2 nitrogen and oxygen atoms in total. The fourth-order valence-corrected chi connectivity index (χ4v) is 2.69. The van der Waals surface area contributed by atoms with E-state index in [1.54, 1.807) is 0 Å². The summed E-state index contributed by atoms with van der Waals surface area (Å²) in [6.45, 7) is 5.74. The van der Waals surface area contributed by atoms with Crippen LogP contribution >= 0.6 is 15.9 Å². The molecule has 17 heavy (non-hydrogen) atoms. The molecule has 0 atom stereocenters. The van der Waals surface area contributed by atoms with Crippen molar-refractivity contribution in [3.05, 3.63) is 28.2 Å². The van der Waals surface area contributed by atoms with Crippen molar-refractivity contribution >= 4 is 21.6 Å². The van der Waals surface area contributed by atoms with Gasteiger partial charge in [-0.05, 0) is 63.5 Å². The van der Waals surface area contributed by atoms with Gasteiger partial charge in [-0.3, -0.25) is 0 Å². The van der Waals surface area contributed by atoms with Crippen molar-refractivity contribution in [3.8, 4) is 0 Å². The first-order valence-corrected chi connectivity index (χ1v) is 7.13. The predicted octanol–water partition coefficient (Wildman–Crippen LogP) is 3.51. The molecule has 1 saturated heterocycles. The first kappa shape index (κ1) is 12.9. The summed E-state index contributed by atoms with van der Waals surface area (Å²) in [5.74, 6) is 0.824. The third kappa shape index (κ3) is 3.46. The molecule has 3 heteroatoms. The smallest absolute Gasteiger partial charge is 0.0381 e. The van der Waals surface area contributed by atoms with Gasteiger partial charge in [0.15, 0.2) is 0 Å². The second-order valence-electron chi connectivity index (χ2n) is 5.04. The average Bonchev–Trinajstić information content (AvgIpc) is 2.33. The molecular formula is C14H21BrN2. The van der Waals surface area contributed by atoms with Crippen molar-refractivity contribution in [2.75, 3.05) is 32.0 Å². The van der Waals surface area contributed by atoms with E-state index in [2.05, 4.69) is 58.3 Å². The van der Waals surface area contributed by atoms with E-state index in [1.807, 2.05) is 0 Å². The van der Waals surface area contributed by atoms with E-state index in [9.17, 15) is 0 Å². The zero-order valence-corrected chi connectivity index (χ0v) is 12.3. The minimum atomic E-state index is 0.824. The summed E-state index contributed by atoms with van der Waals surface area (Å²) in [7, 11) is 2.21. The molecule has 94 valence electrons. The largest absolute Gasteiger partial charge is 0.385 e. The fourth-order valence-electron chi connectivity index (χ4n) is 2.32. The molecule has 0 aliphatic carbocycles. The van der Waals surface area contributed by atoms with E-state index in [-0.39, 0.29) is 0 Å². The molecule has 1 N–H and O–H groups in total. The molecule has 1 aromatic rings. The number of hydrogen-bond acceptors (Lipinski definition) is 2. The Labute approximate surface area is 113 Å². The van der Waals surface area contributed by atoms with Crippen LogP contribution in [0.1, 0.15) is 18.4 Å². The van der Waals surface area contributed by atoms with E-state index in [0.717, 1.165) is 12.5 Å². The zero-order valence-electron chi connectivity index (χ0n) is 10.7. The van der Waals surface area contributed by atoms with Gasteiger partial charge < -0.3 is 10.2 Å². The topological polar surface area (TPSA) is 15.3 Å². The minimum absolute atomic E-state index is 0.824. The van der Waals surface area contributed by atoms with Gasteiger partial charge in [0.05, 0.1) is 0 Å². The molecule has 0 aromatic heterocycles. The summed E-state index contributed by atoms with van der Waals surface area (Å²) in [6.07, 6.45) is 2.63. The maximum Gasteiger partial charge on any atom is 0.0381 e. The predicted molar refractivity (Wildman–Crippen MR) is 77.6 cm³/mol. The number of hydrogen-bond donors (Lipinski definition) is 1. The van der Waals surface area contributed by atoms with Crippen LogP contribution in [0, 0.1) is 12.8 Å². The van der Waals surface area contributed by atoms with Crippen LogP contribution in [0.3, 0.4) is 0 Å². The number of halogens is 1. The van der Waals surface area contributed by atoms with E-state index < -0.39 is 0 Å². The molecule has 1 aromatic carbocycles. The number of benzene rings is 1. The number of rotatable bonds is 3. The summed E-state index contributed by atoms with van der Waals surface area (Å²) in [5, 5.41) is 3.59. The van der Waals surface area contributed by atoms with Crippen LogP contribution in [-0.4, -0.2) is 31.6 Å². The third-order valence-electron chi connectivity index (χ3n) is 3.69. The lowest BCUT2D eigenvalue weighted by atomic mass is 9.97. The van der Waals surface area contributed by atoms with Crippen molar-refractivity contribution < 1.29 is 0 Å². The van der Waals surface area contributed by atoms with Gasteiger partial charge in [0.1, 0.15) is 0 Å². The molecule has 1 heterocycles. The number of nitrogens with zero attached hydrogens (tertiary/aromatic N) is 1. The second kappa shape index (κ2) is 5.87. The van der Waals surface area contributed by atoms with Crippen molar-refractivity contribution in [3.63, 3.8) is 0 Å². The van der Waals surface area contributed by atoms with Crippen LogP contribution in [0.5, 0.6) is 0 Å². The van der Waals surface area contributed by atoms with E-state index >= 15 is 0 Å². The van der Waals surface area contributed by atoms with Gasteiger partial charge in [0, 0.05) is 16.7 Å². The lowest BCUT2D eigenvalue weighted by Crippen LogP contribution is -2.33. The first-order valence-electron chi connectivity index (χ1n) is 6.34. The van der Waals surface area contributed by atoms with E-state index in [1.165, 1.54) is 41.7 Å². The maximum absolute atomic E-state index is 3.59. The lowest BCUT2D eigenvalue weighted by Gasteiger charge is -2.29. The van der Waals surface area contributed by atoms with Crippen LogP contribution < -0.4 is 5.32 Å². The molecule has 1 aliphatic rings. The molecule has 0 bridgehead atoms. The fraction of sp³-hybridized carbons (Fsp3) is 0.571. The molecule has 0 amide bonds. The summed E-state index contributed by atoms with van der Waals surface area (Å²) < 4.78 is 1.19. The highest BCUT2D eigenvalue weighted by Gasteiger charge is 2.16. The Kier molecular flexibility index (Phi) is 4.46. The van der Waals surface area contributed by atoms with Gasteiger partial charge in [-0.2, -0.15) is 0 Å². The lowest BCUT2D eigenvalue weighted by molar-refractivity contribution is 0.226. The molecule has 0 radical (unpaired) electrons. The Bertz CT molecular complexity index is 370. The Morgan fingerprint density at radius 3 is 2.76 bits per heavy atom. The number of piperidine rings is 1. The Morgan fingerprint density at radius 1 is 1.35 bits per heavy atom. The Hall–Kier alpha value is -0.540. The van der Waals surface area contributed by atoms with Crippen molar-refractivity contribution in [1.29, 1.82) is 0 Å². The molecule has 0 saturated carbocycles. The van der Waals surface area contributed by atoms with Crippen LogP contribution in [0.2, 0.25) is 0 Å². The average molecular weight is 297 g/mol. The van der Waals surface area contributed by atoms with Crippen LogP contribution in [0.15, 0.2) is 22.7 Å². The van der Waals surface area contributed by atoms with Crippen LogP contribution in [-0.2, 0) is 0 Å². The van der Waals surface area contributed by atoms with Gasteiger partial charge in [0.25, 0.3) is 0 Å². The Morgan fingerprint density at radius 2 is 2.06 bits per heavy atom. The van der Waals surface area contributed by atoms with Crippen molar-refractivity contribution in [2.45, 2.75) is 19.8 Å². The third-order valence-corrected chi connectivity index (χ3v) is 4.55. The summed E-state index contributed by atoms with van der Waals surface area (Å²) in [6, 6.07) is 6.35. The van der Waals surface area contributed by atoms with Gasteiger partial charge in [0.2, 0.25) is 0 Å². The summed E-state index contributed by atoms with van der Waals surface area (Å²) >= 11 is 3.57. The standard InChI is InChI=1S/C14H21BrN2/c1-11-13(15)4-3-5-14(11)16-10-12-6-8-17(2)9-7-12/h3-5,12,16H,6-10H2,1-2H3. The molecule has 0 unspecified atom stereocenters. The number of likely N-dealkylation sites (tertiary alicyclic amines) is 1. The monoisotopic (exact) mass is 296 g/mol. The molecular weight excluding hydrogens is 276 g/mol. The first-order chi connectivity index (χ1) is 8.16. The highest BCUT2D eigenvalue weighted by atomic mass is 79.9. The summed E-state index contributed by atoms with van der Waals surface area (Å²) in [4.78, 5) is 2.42. The quantitative estimate of drug-likeness (QED) is 0.918. The maximum atomic E-state index is 3.59. The van der Waals surface area contributed by atoms with Gasteiger partial charge in [-0.25, -0.2) is 0 Å². The SMILES string of the molecule is Cc1c(Br)cccc1NCC1CCN(C)CC1. The summed E-state index contributed by atoms with van der Waals surface area (Å²) in [5.41, 5.74) is 2.57. The Balaban J connectivity index is 1.87. The normalized spacial score (nSPS) is 18.3. The van der Waals surface area contributed by atoms with Crippen LogP contribution in [0.4, 0.5) is 5.69 Å². The molecule has 2 rings (SSSR count). The van der Waals surface area contributed by atoms with Crippen molar-refractivity contribution in [1.82, 2.24) is 4.90 Å². The number of nitrogens with one attached hydrogen (secondary N) is 1. The molecule has 0 spiro atoms. The zero-order chi connectivity index (χ0) is 12.3. The highest BCUT2D eigenvalue weighted by molar-refractivity contribution is 9.10. The van der Waals surface area contributed by atoms with E-state index in [0.29, 0.717) is 0 Å². The number of anilines is 1. The van der Waals surface area contributed by atoms with Crippen molar-refractivity contribution in [2.24, 2.45) is 5.92 Å². The van der Waals surface area contributed by atoms with Gasteiger partial charge in [-0.15, -0.1) is 0 Å².